The number of aliphatic imine (C=N–C) groups is 1. The molecule has 2 aromatic rings. The van der Waals surface area contributed by atoms with Crippen molar-refractivity contribution in [1.82, 2.24) is 15.2 Å². The zero-order valence-corrected chi connectivity index (χ0v) is 16.9. The second-order valence-corrected chi connectivity index (χ2v) is 6.43. The Balaban J connectivity index is 1.65. The summed E-state index contributed by atoms with van der Waals surface area (Å²) in [7, 11) is 3.38. The molecule has 0 saturated heterocycles. The molecule has 1 heterocycles. The molecule has 1 unspecified atom stereocenters. The third-order valence-electron chi connectivity index (χ3n) is 4.18. The number of unbranched alkanes of at least 4 members (excludes halogenated alkanes) is 1. The van der Waals surface area contributed by atoms with Crippen molar-refractivity contribution in [3.63, 3.8) is 0 Å². The highest BCUT2D eigenvalue weighted by Crippen LogP contribution is 2.19. The van der Waals surface area contributed by atoms with Crippen LogP contribution in [0, 0.1) is 0 Å². The Labute approximate surface area is 166 Å². The minimum Gasteiger partial charge on any atom is -0.497 e. The fraction of sp³-hybridized carbons (Fsp3) is 0.429. The van der Waals surface area contributed by atoms with Gasteiger partial charge < -0.3 is 24.7 Å². The van der Waals surface area contributed by atoms with Crippen LogP contribution in [0.15, 0.2) is 58.4 Å². The number of pyridine rings is 1. The molecule has 0 aliphatic heterocycles. The number of nitrogens with zero attached hydrogens (tertiary/aromatic N) is 2. The Morgan fingerprint density at radius 2 is 1.96 bits per heavy atom. The average molecular weight is 386 g/mol. The predicted octanol–water partition coefficient (Wildman–Crippen LogP) is 2.27. The first-order valence-corrected chi connectivity index (χ1v) is 9.53. The van der Waals surface area contributed by atoms with Gasteiger partial charge in [-0.25, -0.2) is 0 Å². The van der Waals surface area contributed by atoms with Gasteiger partial charge in [-0.1, -0.05) is 12.1 Å². The van der Waals surface area contributed by atoms with Crippen molar-refractivity contribution < 1.29 is 9.47 Å². The quantitative estimate of drug-likeness (QED) is 0.372. The van der Waals surface area contributed by atoms with Crippen molar-refractivity contribution >= 4 is 5.96 Å². The number of hydrogen-bond donors (Lipinski definition) is 2. The van der Waals surface area contributed by atoms with Gasteiger partial charge in [0.15, 0.2) is 5.96 Å². The smallest absolute Gasteiger partial charge is 0.250 e. The molecule has 28 heavy (non-hydrogen) atoms. The molecular weight excluding hydrogens is 356 g/mol. The van der Waals surface area contributed by atoms with E-state index >= 15 is 0 Å². The fourth-order valence-electron chi connectivity index (χ4n) is 2.67. The number of aryl methyl sites for hydroxylation is 1. The van der Waals surface area contributed by atoms with Crippen LogP contribution in [0.3, 0.4) is 0 Å². The Bertz CT molecular complexity index is 804. The second kappa shape index (κ2) is 11.7. The molecule has 1 atom stereocenters. The molecule has 0 fully saturated rings. The number of methoxy groups -OCH3 is 1. The minimum atomic E-state index is -0.0318. The number of rotatable bonds is 10. The van der Waals surface area contributed by atoms with Gasteiger partial charge >= 0.3 is 0 Å². The van der Waals surface area contributed by atoms with E-state index in [0.717, 1.165) is 43.4 Å². The fourth-order valence-corrected chi connectivity index (χ4v) is 2.67. The Morgan fingerprint density at radius 1 is 1.14 bits per heavy atom. The molecule has 0 aliphatic rings. The average Bonchev–Trinajstić information content (AvgIpc) is 2.71. The van der Waals surface area contributed by atoms with E-state index in [2.05, 4.69) is 15.6 Å². The molecule has 0 aliphatic carbocycles. The largest absolute Gasteiger partial charge is 0.497 e. The molecule has 0 spiro atoms. The summed E-state index contributed by atoms with van der Waals surface area (Å²) in [6.45, 7) is 4.12. The van der Waals surface area contributed by atoms with Crippen molar-refractivity contribution in [2.45, 2.75) is 32.4 Å². The lowest BCUT2D eigenvalue weighted by Gasteiger charge is -2.18. The Hall–Kier alpha value is -2.96. The van der Waals surface area contributed by atoms with E-state index in [9.17, 15) is 4.79 Å². The summed E-state index contributed by atoms with van der Waals surface area (Å²) in [5.74, 6) is 2.28. The van der Waals surface area contributed by atoms with E-state index in [0.29, 0.717) is 6.54 Å². The van der Waals surface area contributed by atoms with Gasteiger partial charge in [-0.3, -0.25) is 9.79 Å². The first-order chi connectivity index (χ1) is 13.6. The molecule has 2 rings (SSSR count). The molecule has 152 valence electrons. The van der Waals surface area contributed by atoms with Gasteiger partial charge in [0.25, 0.3) is 0 Å². The molecule has 1 aromatic carbocycles. The summed E-state index contributed by atoms with van der Waals surface area (Å²) in [6, 6.07) is 12.8. The van der Waals surface area contributed by atoms with Gasteiger partial charge in [-0.15, -0.1) is 0 Å². The number of aromatic nitrogens is 1. The Morgan fingerprint density at radius 3 is 2.71 bits per heavy atom. The first-order valence-electron chi connectivity index (χ1n) is 9.53. The Kier molecular flexibility index (Phi) is 8.91. The van der Waals surface area contributed by atoms with Gasteiger partial charge in [0, 0.05) is 38.5 Å². The van der Waals surface area contributed by atoms with Gasteiger partial charge in [0.2, 0.25) is 5.56 Å². The highest BCUT2D eigenvalue weighted by atomic mass is 16.5. The molecule has 0 bridgehead atoms. The molecule has 7 nitrogen and oxygen atoms in total. The lowest BCUT2D eigenvalue weighted by Crippen LogP contribution is -2.42. The number of hydrogen-bond acceptors (Lipinski definition) is 4. The maximum Gasteiger partial charge on any atom is 0.250 e. The number of nitrogens with one attached hydrogen (secondary N) is 2. The predicted molar refractivity (Wildman–Crippen MR) is 112 cm³/mol. The van der Waals surface area contributed by atoms with Crippen LogP contribution in [0.2, 0.25) is 0 Å². The monoisotopic (exact) mass is 386 g/mol. The normalized spacial score (nSPS) is 12.3. The zero-order chi connectivity index (χ0) is 20.2. The summed E-state index contributed by atoms with van der Waals surface area (Å²) < 4.78 is 12.8. The van der Waals surface area contributed by atoms with Gasteiger partial charge in [0.05, 0.1) is 13.7 Å². The van der Waals surface area contributed by atoms with Crippen molar-refractivity contribution in [2.75, 3.05) is 27.2 Å². The molecule has 0 amide bonds. The van der Waals surface area contributed by atoms with Gasteiger partial charge in [0.1, 0.15) is 17.6 Å². The van der Waals surface area contributed by atoms with Crippen LogP contribution in [-0.2, 0) is 6.54 Å². The summed E-state index contributed by atoms with van der Waals surface area (Å²) >= 11 is 0. The van der Waals surface area contributed by atoms with Crippen molar-refractivity contribution in [3.8, 4) is 11.5 Å². The summed E-state index contributed by atoms with van der Waals surface area (Å²) in [6.07, 6.45) is 3.65. The number of ether oxygens (including phenoxy) is 2. The third-order valence-corrected chi connectivity index (χ3v) is 4.18. The summed E-state index contributed by atoms with van der Waals surface area (Å²) in [5, 5.41) is 6.55. The molecule has 1 aromatic heterocycles. The maximum atomic E-state index is 11.7. The first kappa shape index (κ1) is 21.3. The van der Waals surface area contributed by atoms with E-state index in [-0.39, 0.29) is 11.7 Å². The van der Waals surface area contributed by atoms with Crippen LogP contribution < -0.4 is 25.7 Å². The van der Waals surface area contributed by atoms with Crippen molar-refractivity contribution in [1.29, 1.82) is 0 Å². The lowest BCUT2D eigenvalue weighted by atomic mass is 10.3. The SMILES string of the molecule is CN=C(NCCCCn1ccccc1=O)NCC(C)Oc1cccc(OC)c1. The van der Waals surface area contributed by atoms with Crippen molar-refractivity contribution in [2.24, 2.45) is 4.99 Å². The molecule has 2 N–H and O–H groups in total. The van der Waals surface area contributed by atoms with E-state index in [4.69, 9.17) is 9.47 Å². The topological polar surface area (TPSA) is 76.9 Å². The van der Waals surface area contributed by atoms with Crippen LogP contribution in [0.4, 0.5) is 0 Å². The number of benzene rings is 1. The van der Waals surface area contributed by atoms with Gasteiger partial charge in [-0.05, 0) is 38.0 Å². The van der Waals surface area contributed by atoms with Crippen LogP contribution >= 0.6 is 0 Å². The van der Waals surface area contributed by atoms with Crippen LogP contribution in [0.25, 0.3) is 0 Å². The van der Waals surface area contributed by atoms with E-state index < -0.39 is 0 Å². The highest BCUT2D eigenvalue weighted by molar-refractivity contribution is 5.79. The highest BCUT2D eigenvalue weighted by Gasteiger charge is 2.06. The molecule has 0 radical (unpaired) electrons. The van der Waals surface area contributed by atoms with E-state index in [1.807, 2.05) is 43.5 Å². The third kappa shape index (κ3) is 7.34. The summed E-state index contributed by atoms with van der Waals surface area (Å²) in [4.78, 5) is 15.9. The standard InChI is InChI=1S/C21H30N4O3/c1-17(28-19-10-8-9-18(15-19)27-3)16-24-21(22-2)23-12-5-7-14-25-13-6-4-11-20(25)26/h4,6,8-11,13,15,17H,5,7,12,14,16H2,1-3H3,(H2,22,23,24). The molecular formula is C21H30N4O3. The van der Waals surface area contributed by atoms with E-state index in [1.165, 1.54) is 0 Å². The minimum absolute atomic E-state index is 0.0318. The van der Waals surface area contributed by atoms with Crippen LogP contribution in [0.5, 0.6) is 11.5 Å². The number of guanidine groups is 1. The van der Waals surface area contributed by atoms with Crippen molar-refractivity contribution in [3.05, 3.63) is 59.0 Å². The van der Waals surface area contributed by atoms with E-state index in [1.54, 1.807) is 30.9 Å². The lowest BCUT2D eigenvalue weighted by molar-refractivity contribution is 0.223. The molecule has 0 saturated carbocycles. The second-order valence-electron chi connectivity index (χ2n) is 6.43. The van der Waals surface area contributed by atoms with Crippen LogP contribution in [0.1, 0.15) is 19.8 Å². The summed E-state index contributed by atoms with van der Waals surface area (Å²) in [5.41, 5.74) is 0.0398. The molecule has 7 heteroatoms. The maximum absolute atomic E-state index is 11.7. The van der Waals surface area contributed by atoms with Gasteiger partial charge in [-0.2, -0.15) is 0 Å². The zero-order valence-electron chi connectivity index (χ0n) is 16.9. The van der Waals surface area contributed by atoms with Crippen LogP contribution in [-0.4, -0.2) is 43.9 Å².